The summed E-state index contributed by atoms with van der Waals surface area (Å²) in [5.74, 6) is -1.00. The van der Waals surface area contributed by atoms with Gasteiger partial charge in [-0.05, 0) is 86.4 Å². The lowest BCUT2D eigenvalue weighted by atomic mass is 10.1. The van der Waals surface area contributed by atoms with E-state index in [-0.39, 0.29) is 24.5 Å². The van der Waals surface area contributed by atoms with Crippen molar-refractivity contribution >= 4 is 24.4 Å². The third kappa shape index (κ3) is 12.6. The van der Waals surface area contributed by atoms with Gasteiger partial charge in [0.2, 0.25) is 0 Å². The van der Waals surface area contributed by atoms with E-state index in [0.29, 0.717) is 5.56 Å². The maximum absolute atomic E-state index is 12.5. The van der Waals surface area contributed by atoms with Gasteiger partial charge in [0, 0.05) is 0 Å². The van der Waals surface area contributed by atoms with Crippen LogP contribution in [0.2, 0.25) is 0 Å². The van der Waals surface area contributed by atoms with E-state index >= 15 is 0 Å². The fourth-order valence-corrected chi connectivity index (χ4v) is 2.67. The highest BCUT2D eigenvalue weighted by atomic mass is 16.8. The molecule has 0 radical (unpaired) electrons. The molecule has 214 valence electrons. The van der Waals surface area contributed by atoms with E-state index in [4.69, 9.17) is 38.9 Å². The molecule has 3 atom stereocenters. The zero-order chi connectivity index (χ0) is 29.3. The summed E-state index contributed by atoms with van der Waals surface area (Å²) in [5.41, 5.74) is 4.84. The zero-order valence-corrected chi connectivity index (χ0v) is 23.4. The topological polar surface area (TPSA) is 159 Å². The quantitative estimate of drug-likeness (QED) is 0.262. The fraction of sp³-hybridized carbons (Fsp3) is 0.615. The Morgan fingerprint density at radius 3 is 1.79 bits per heavy atom. The minimum Gasteiger partial charge on any atom is -0.458 e. The third-order valence-electron chi connectivity index (χ3n) is 4.44. The molecule has 0 saturated carbocycles. The fourth-order valence-electron chi connectivity index (χ4n) is 2.67. The van der Waals surface area contributed by atoms with Gasteiger partial charge in [-0.15, -0.1) is 0 Å². The molecule has 0 aromatic heterocycles. The molecule has 0 aliphatic carbocycles. The first-order valence-electron chi connectivity index (χ1n) is 12.1. The van der Waals surface area contributed by atoms with E-state index < -0.39 is 53.9 Å². The van der Waals surface area contributed by atoms with Gasteiger partial charge in [0.25, 0.3) is 0 Å². The summed E-state index contributed by atoms with van der Waals surface area (Å²) in [7, 11) is 0. The normalized spacial score (nSPS) is 13.8. The molecule has 1 unspecified atom stereocenters. The van der Waals surface area contributed by atoms with Crippen molar-refractivity contribution in [2.75, 3.05) is 6.61 Å². The second-order valence-corrected chi connectivity index (χ2v) is 10.4. The SMILES string of the molecule is CCOC(=O)OC(C)[C@H](C)OC(=O)[C@@H](N)Cc1ccc(OC(=O)OC(C)(C)C)c(OC(=O)OC(C)(C)C)c1. The second-order valence-electron chi connectivity index (χ2n) is 10.4. The molecule has 1 aromatic carbocycles. The van der Waals surface area contributed by atoms with E-state index in [1.807, 2.05) is 0 Å². The monoisotopic (exact) mass is 541 g/mol. The van der Waals surface area contributed by atoms with Crippen molar-refractivity contribution in [1.29, 1.82) is 0 Å². The van der Waals surface area contributed by atoms with Crippen LogP contribution in [-0.2, 0) is 34.9 Å². The Hall–Kier alpha value is -3.54. The molecule has 12 heteroatoms. The van der Waals surface area contributed by atoms with Crippen LogP contribution in [0.3, 0.4) is 0 Å². The van der Waals surface area contributed by atoms with Gasteiger partial charge >= 0.3 is 24.4 Å². The number of nitrogens with two attached hydrogens (primary N) is 1. The van der Waals surface area contributed by atoms with Crippen molar-refractivity contribution in [3.05, 3.63) is 23.8 Å². The van der Waals surface area contributed by atoms with Crippen LogP contribution in [0.1, 0.15) is 67.9 Å². The minimum absolute atomic E-state index is 0.0178. The van der Waals surface area contributed by atoms with Gasteiger partial charge in [0.15, 0.2) is 11.5 Å². The average molecular weight is 542 g/mol. The minimum atomic E-state index is -1.11. The summed E-state index contributed by atoms with van der Waals surface area (Å²) in [6.45, 7) is 14.9. The summed E-state index contributed by atoms with van der Waals surface area (Å²) in [4.78, 5) is 48.5. The van der Waals surface area contributed by atoms with Crippen molar-refractivity contribution in [3.8, 4) is 11.5 Å². The number of esters is 1. The van der Waals surface area contributed by atoms with Gasteiger partial charge in [-0.2, -0.15) is 0 Å². The third-order valence-corrected chi connectivity index (χ3v) is 4.44. The highest BCUT2D eigenvalue weighted by Crippen LogP contribution is 2.31. The van der Waals surface area contributed by atoms with Crippen LogP contribution >= 0.6 is 0 Å². The summed E-state index contributed by atoms with van der Waals surface area (Å²) >= 11 is 0. The molecule has 0 amide bonds. The van der Waals surface area contributed by atoms with E-state index in [1.165, 1.54) is 18.2 Å². The molecule has 0 fully saturated rings. The molecule has 0 bridgehead atoms. The Bertz CT molecular complexity index is 978. The summed E-state index contributed by atoms with van der Waals surface area (Å²) in [6.07, 6.45) is -4.50. The van der Waals surface area contributed by atoms with Gasteiger partial charge in [0.1, 0.15) is 29.5 Å². The number of carbonyl (C=O) groups excluding carboxylic acids is 4. The molecule has 0 saturated heterocycles. The van der Waals surface area contributed by atoms with Gasteiger partial charge in [0.05, 0.1) is 6.61 Å². The number of ether oxygens (including phenoxy) is 7. The number of hydrogen-bond acceptors (Lipinski definition) is 12. The van der Waals surface area contributed by atoms with Crippen LogP contribution in [-0.4, -0.2) is 60.5 Å². The molecule has 0 aliphatic heterocycles. The van der Waals surface area contributed by atoms with Crippen molar-refractivity contribution in [1.82, 2.24) is 0 Å². The molecule has 38 heavy (non-hydrogen) atoms. The smallest absolute Gasteiger partial charge is 0.458 e. The van der Waals surface area contributed by atoms with Crippen LogP contribution in [0.5, 0.6) is 11.5 Å². The Morgan fingerprint density at radius 2 is 1.29 bits per heavy atom. The lowest BCUT2D eigenvalue weighted by molar-refractivity contribution is -0.155. The van der Waals surface area contributed by atoms with E-state index in [1.54, 1.807) is 62.3 Å². The number of benzene rings is 1. The molecule has 0 aliphatic rings. The molecule has 0 spiro atoms. The van der Waals surface area contributed by atoms with Crippen LogP contribution < -0.4 is 15.2 Å². The van der Waals surface area contributed by atoms with Crippen molar-refractivity contribution < 1.29 is 52.3 Å². The predicted octanol–water partition coefficient (Wildman–Crippen LogP) is 4.68. The number of hydrogen-bond donors (Lipinski definition) is 1. The largest absolute Gasteiger partial charge is 0.514 e. The molecule has 12 nitrogen and oxygen atoms in total. The Kier molecular flexibility index (Phi) is 11.8. The standard InChI is InChI=1S/C26H39NO11/c1-10-32-22(29)34-16(3)15(2)33-21(28)18(27)13-17-11-12-19(35-23(30)37-25(4,5)6)20(14-17)36-24(31)38-26(7,8)9/h11-12,14-16,18H,10,13,27H2,1-9H3/t15-,16?,18-/m0/s1. The highest BCUT2D eigenvalue weighted by Gasteiger charge is 2.26. The number of carbonyl (C=O) groups is 4. The Labute approximate surface area is 223 Å². The summed E-state index contributed by atoms with van der Waals surface area (Å²) in [6, 6.07) is 3.17. The molecular formula is C26H39NO11. The highest BCUT2D eigenvalue weighted by molar-refractivity contribution is 5.76. The average Bonchev–Trinajstić information content (AvgIpc) is 2.72. The Morgan fingerprint density at radius 1 is 0.789 bits per heavy atom. The molecule has 2 N–H and O–H groups in total. The summed E-state index contributed by atoms with van der Waals surface area (Å²) < 4.78 is 35.9. The lowest BCUT2D eigenvalue weighted by Crippen LogP contribution is -2.39. The van der Waals surface area contributed by atoms with Gasteiger partial charge in [-0.1, -0.05) is 6.07 Å². The molecule has 1 aromatic rings. The Balaban J connectivity index is 3.00. The first-order chi connectivity index (χ1) is 17.4. The van der Waals surface area contributed by atoms with E-state index in [2.05, 4.69) is 0 Å². The van der Waals surface area contributed by atoms with Crippen LogP contribution in [0, 0.1) is 0 Å². The van der Waals surface area contributed by atoms with Gasteiger partial charge < -0.3 is 38.9 Å². The number of rotatable bonds is 9. The van der Waals surface area contributed by atoms with E-state index in [9.17, 15) is 19.2 Å². The van der Waals surface area contributed by atoms with Crippen molar-refractivity contribution in [2.24, 2.45) is 5.73 Å². The maximum Gasteiger partial charge on any atom is 0.514 e. The zero-order valence-electron chi connectivity index (χ0n) is 23.4. The summed E-state index contributed by atoms with van der Waals surface area (Å²) in [5, 5.41) is 0. The predicted molar refractivity (Wildman–Crippen MR) is 135 cm³/mol. The van der Waals surface area contributed by atoms with E-state index in [0.717, 1.165) is 0 Å². The maximum atomic E-state index is 12.5. The first-order valence-corrected chi connectivity index (χ1v) is 12.1. The molecule has 0 heterocycles. The van der Waals surface area contributed by atoms with Crippen molar-refractivity contribution in [3.63, 3.8) is 0 Å². The van der Waals surface area contributed by atoms with Crippen LogP contribution in [0.25, 0.3) is 0 Å². The van der Waals surface area contributed by atoms with Gasteiger partial charge in [-0.25, -0.2) is 14.4 Å². The molecule has 1 rings (SSSR count). The van der Waals surface area contributed by atoms with Crippen LogP contribution in [0.15, 0.2) is 18.2 Å². The van der Waals surface area contributed by atoms with Crippen LogP contribution in [0.4, 0.5) is 14.4 Å². The van der Waals surface area contributed by atoms with Crippen molar-refractivity contribution in [2.45, 2.75) is 98.2 Å². The van der Waals surface area contributed by atoms with Gasteiger partial charge in [-0.3, -0.25) is 4.79 Å². The lowest BCUT2D eigenvalue weighted by Gasteiger charge is -2.22. The molecular weight excluding hydrogens is 502 g/mol. The first kappa shape index (κ1) is 32.5. The second kappa shape index (κ2) is 13.8.